The number of carboxylic acid groups (broad SMARTS) is 1. The van der Waals surface area contributed by atoms with E-state index in [4.69, 9.17) is 11.5 Å². The molecule has 0 aliphatic heterocycles. The van der Waals surface area contributed by atoms with E-state index in [0.29, 0.717) is 12.1 Å². The number of benzene rings is 1. The van der Waals surface area contributed by atoms with Crippen LogP contribution >= 0.6 is 15.9 Å². The molecular formula is C12H12BrNO3. The van der Waals surface area contributed by atoms with Crippen LogP contribution in [0.4, 0.5) is 0 Å². The summed E-state index contributed by atoms with van der Waals surface area (Å²) in [4.78, 5) is 12.2. The quantitative estimate of drug-likeness (QED) is 0.812. The van der Waals surface area contributed by atoms with Gasteiger partial charge in [-0.3, -0.25) is 9.69 Å². The van der Waals surface area contributed by atoms with Crippen LogP contribution in [-0.4, -0.2) is 34.2 Å². The molecule has 5 heteroatoms. The molecule has 0 aliphatic carbocycles. The lowest BCUT2D eigenvalue weighted by Crippen LogP contribution is -2.29. The fraction of sp³-hybridized carbons (Fsp3) is 0.250. The Bertz CT molecular complexity index is 454. The van der Waals surface area contributed by atoms with Crippen LogP contribution in [-0.2, 0) is 11.3 Å². The van der Waals surface area contributed by atoms with E-state index in [9.17, 15) is 9.90 Å². The Hall–Kier alpha value is -1.51. The molecule has 0 unspecified atom stereocenters. The molecule has 0 aliphatic rings. The molecule has 0 amide bonds. The van der Waals surface area contributed by atoms with Gasteiger partial charge in [0.15, 0.2) is 0 Å². The highest BCUT2D eigenvalue weighted by atomic mass is 79.9. The van der Waals surface area contributed by atoms with Gasteiger partial charge in [0.05, 0.1) is 13.1 Å². The van der Waals surface area contributed by atoms with Crippen LogP contribution in [0.15, 0.2) is 22.7 Å². The number of hydrogen-bond acceptors (Lipinski definition) is 3. The third kappa shape index (κ3) is 4.47. The summed E-state index contributed by atoms with van der Waals surface area (Å²) in [6.07, 6.45) is 5.17. The molecule has 1 rings (SSSR count). The molecule has 17 heavy (non-hydrogen) atoms. The molecule has 0 aromatic heterocycles. The lowest BCUT2D eigenvalue weighted by atomic mass is 10.2. The maximum Gasteiger partial charge on any atom is 0.317 e. The maximum absolute atomic E-state index is 10.6. The molecule has 0 heterocycles. The average Bonchev–Trinajstić information content (AvgIpc) is 2.21. The van der Waals surface area contributed by atoms with E-state index in [0.717, 1.165) is 4.47 Å². The molecule has 1 aromatic rings. The van der Waals surface area contributed by atoms with E-state index < -0.39 is 5.97 Å². The predicted octanol–water partition coefficient (Wildman–Crippen LogP) is 1.67. The number of phenols is 1. The Morgan fingerprint density at radius 1 is 1.53 bits per heavy atom. The molecule has 0 radical (unpaired) electrons. The Labute approximate surface area is 108 Å². The summed E-state index contributed by atoms with van der Waals surface area (Å²) >= 11 is 3.23. The summed E-state index contributed by atoms with van der Waals surface area (Å²) in [5.41, 5.74) is 0.643. The van der Waals surface area contributed by atoms with Gasteiger partial charge in [0, 0.05) is 16.6 Å². The molecule has 0 saturated heterocycles. The number of hydrogen-bond donors (Lipinski definition) is 2. The molecule has 1 aromatic carbocycles. The van der Waals surface area contributed by atoms with Crippen molar-refractivity contribution in [2.75, 3.05) is 13.1 Å². The van der Waals surface area contributed by atoms with Crippen molar-refractivity contribution in [3.05, 3.63) is 28.2 Å². The highest BCUT2D eigenvalue weighted by Crippen LogP contribution is 2.23. The highest BCUT2D eigenvalue weighted by molar-refractivity contribution is 9.10. The topological polar surface area (TPSA) is 60.8 Å². The van der Waals surface area contributed by atoms with Crippen molar-refractivity contribution < 1.29 is 15.0 Å². The van der Waals surface area contributed by atoms with Gasteiger partial charge in [0.2, 0.25) is 0 Å². The predicted molar refractivity (Wildman–Crippen MR) is 67.6 cm³/mol. The van der Waals surface area contributed by atoms with Gasteiger partial charge in [-0.05, 0) is 12.1 Å². The number of aliphatic carboxylic acids is 1. The fourth-order valence-electron chi connectivity index (χ4n) is 1.40. The smallest absolute Gasteiger partial charge is 0.317 e. The second-order valence-electron chi connectivity index (χ2n) is 3.52. The number of rotatable bonds is 5. The van der Waals surface area contributed by atoms with E-state index in [-0.39, 0.29) is 18.8 Å². The SMILES string of the molecule is C#CCN(CC(=O)O)Cc1ccc(Br)cc1O. The van der Waals surface area contributed by atoms with Crippen molar-refractivity contribution >= 4 is 21.9 Å². The van der Waals surface area contributed by atoms with Crippen molar-refractivity contribution in [1.29, 1.82) is 0 Å². The summed E-state index contributed by atoms with van der Waals surface area (Å²) in [7, 11) is 0. The Balaban J connectivity index is 2.78. The second kappa shape index (κ2) is 6.28. The lowest BCUT2D eigenvalue weighted by Gasteiger charge is -2.18. The molecule has 0 saturated carbocycles. The molecule has 0 spiro atoms. The lowest BCUT2D eigenvalue weighted by molar-refractivity contribution is -0.138. The molecule has 4 nitrogen and oxygen atoms in total. The van der Waals surface area contributed by atoms with Gasteiger partial charge in [-0.1, -0.05) is 27.9 Å². The summed E-state index contributed by atoms with van der Waals surface area (Å²) in [5, 5.41) is 18.4. The Kier molecular flexibility index (Phi) is 5.01. The van der Waals surface area contributed by atoms with Crippen molar-refractivity contribution in [2.24, 2.45) is 0 Å². The van der Waals surface area contributed by atoms with E-state index >= 15 is 0 Å². The van der Waals surface area contributed by atoms with Crippen LogP contribution in [0, 0.1) is 12.3 Å². The fourth-order valence-corrected chi connectivity index (χ4v) is 1.75. The van der Waals surface area contributed by atoms with E-state index in [2.05, 4.69) is 21.9 Å². The van der Waals surface area contributed by atoms with Gasteiger partial charge >= 0.3 is 5.97 Å². The number of carboxylic acids is 1. The zero-order valence-electron chi connectivity index (χ0n) is 9.06. The molecule has 90 valence electrons. The van der Waals surface area contributed by atoms with Crippen LogP contribution in [0.2, 0.25) is 0 Å². The number of halogens is 1. The number of terminal acetylenes is 1. The van der Waals surface area contributed by atoms with Gasteiger partial charge in [0.25, 0.3) is 0 Å². The van der Waals surface area contributed by atoms with Crippen molar-refractivity contribution in [3.63, 3.8) is 0 Å². The summed E-state index contributed by atoms with van der Waals surface area (Å²) in [6.45, 7) is 0.372. The van der Waals surface area contributed by atoms with Crippen LogP contribution in [0.5, 0.6) is 5.75 Å². The molecule has 0 fully saturated rings. The summed E-state index contributed by atoms with van der Waals surface area (Å²) < 4.78 is 0.764. The van der Waals surface area contributed by atoms with Crippen molar-refractivity contribution in [3.8, 4) is 18.1 Å². The normalized spacial score (nSPS) is 10.2. The number of aromatic hydroxyl groups is 1. The van der Waals surface area contributed by atoms with Crippen molar-refractivity contribution in [1.82, 2.24) is 4.90 Å². The second-order valence-corrected chi connectivity index (χ2v) is 4.43. The average molecular weight is 298 g/mol. The van der Waals surface area contributed by atoms with Crippen molar-refractivity contribution in [2.45, 2.75) is 6.54 Å². The van der Waals surface area contributed by atoms with Crippen LogP contribution in [0.25, 0.3) is 0 Å². The zero-order valence-corrected chi connectivity index (χ0v) is 10.6. The first-order valence-electron chi connectivity index (χ1n) is 4.88. The standard InChI is InChI=1S/C12H12BrNO3/c1-2-5-14(8-12(16)17)7-9-3-4-10(13)6-11(9)15/h1,3-4,6,15H,5,7-8H2,(H,16,17). The first-order valence-corrected chi connectivity index (χ1v) is 5.67. The molecule has 2 N–H and O–H groups in total. The monoisotopic (exact) mass is 297 g/mol. The molecule has 0 atom stereocenters. The van der Waals surface area contributed by atoms with Crippen LogP contribution < -0.4 is 0 Å². The minimum absolute atomic E-state index is 0.117. The number of phenolic OH excluding ortho intramolecular Hbond substituents is 1. The van der Waals surface area contributed by atoms with Gasteiger partial charge in [-0.25, -0.2) is 0 Å². The van der Waals surface area contributed by atoms with Gasteiger partial charge < -0.3 is 10.2 Å². The largest absolute Gasteiger partial charge is 0.508 e. The first-order chi connectivity index (χ1) is 8.02. The van der Waals surface area contributed by atoms with E-state index in [1.165, 1.54) is 0 Å². The Morgan fingerprint density at radius 2 is 2.24 bits per heavy atom. The summed E-state index contributed by atoms with van der Waals surface area (Å²) in [5.74, 6) is 1.57. The van der Waals surface area contributed by atoms with Crippen LogP contribution in [0.1, 0.15) is 5.56 Å². The van der Waals surface area contributed by atoms with E-state index in [1.807, 2.05) is 0 Å². The van der Waals surface area contributed by atoms with Gasteiger partial charge in [0.1, 0.15) is 5.75 Å². The Morgan fingerprint density at radius 3 is 2.76 bits per heavy atom. The van der Waals surface area contributed by atoms with Crippen LogP contribution in [0.3, 0.4) is 0 Å². The minimum atomic E-state index is -0.947. The zero-order chi connectivity index (χ0) is 12.8. The minimum Gasteiger partial charge on any atom is -0.508 e. The van der Waals surface area contributed by atoms with Gasteiger partial charge in [-0.15, -0.1) is 6.42 Å². The third-order valence-electron chi connectivity index (χ3n) is 2.12. The third-order valence-corrected chi connectivity index (χ3v) is 2.61. The van der Waals surface area contributed by atoms with Gasteiger partial charge in [-0.2, -0.15) is 0 Å². The molecule has 0 bridgehead atoms. The molecular weight excluding hydrogens is 286 g/mol. The first kappa shape index (κ1) is 13.6. The maximum atomic E-state index is 10.6. The van der Waals surface area contributed by atoms with E-state index in [1.54, 1.807) is 23.1 Å². The summed E-state index contributed by atoms with van der Waals surface area (Å²) in [6, 6.07) is 5.07. The highest BCUT2D eigenvalue weighted by Gasteiger charge is 2.11. The number of nitrogens with zero attached hydrogens (tertiary/aromatic N) is 1. The number of carbonyl (C=O) groups is 1.